The molecule has 0 aromatic rings. The second-order valence-corrected chi connectivity index (χ2v) is 4.17. The Morgan fingerprint density at radius 2 is 1.73 bits per heavy atom. The lowest BCUT2D eigenvalue weighted by Crippen LogP contribution is -2.20. The lowest BCUT2D eigenvalue weighted by molar-refractivity contribution is 0.372. The highest BCUT2D eigenvalue weighted by Crippen LogP contribution is 2.10. The molecule has 0 amide bonds. The molecule has 1 fully saturated rings. The summed E-state index contributed by atoms with van der Waals surface area (Å²) >= 11 is 0. The standard InChI is InChI=1S/C13H22N2/c1-12(7-8-14)5-6-13(2)11-15-9-3-4-10-15/h5-6H,1-4,7-11,14H2/b6-5-. The van der Waals surface area contributed by atoms with Crippen molar-refractivity contribution < 1.29 is 0 Å². The van der Waals surface area contributed by atoms with Crippen LogP contribution in [0, 0.1) is 0 Å². The molecule has 0 aromatic heterocycles. The van der Waals surface area contributed by atoms with Gasteiger partial charge in [-0.3, -0.25) is 4.90 Å². The smallest absolute Gasteiger partial charge is 0.0227 e. The zero-order chi connectivity index (χ0) is 11.1. The molecule has 1 rings (SSSR count). The Kier molecular flexibility index (Phi) is 5.37. The molecule has 0 radical (unpaired) electrons. The van der Waals surface area contributed by atoms with Gasteiger partial charge in [-0.1, -0.05) is 30.9 Å². The van der Waals surface area contributed by atoms with Crippen molar-refractivity contribution in [3.05, 3.63) is 36.5 Å². The summed E-state index contributed by atoms with van der Waals surface area (Å²) in [5.74, 6) is 0. The summed E-state index contributed by atoms with van der Waals surface area (Å²) in [6, 6.07) is 0. The fourth-order valence-corrected chi connectivity index (χ4v) is 1.79. The molecule has 0 atom stereocenters. The number of rotatable bonds is 6. The first-order chi connectivity index (χ1) is 7.22. The van der Waals surface area contributed by atoms with E-state index < -0.39 is 0 Å². The normalized spacial score (nSPS) is 17.4. The van der Waals surface area contributed by atoms with Crippen LogP contribution in [0.4, 0.5) is 0 Å². The molecule has 2 nitrogen and oxygen atoms in total. The van der Waals surface area contributed by atoms with E-state index in [1.54, 1.807) is 0 Å². The van der Waals surface area contributed by atoms with Crippen molar-refractivity contribution >= 4 is 0 Å². The Morgan fingerprint density at radius 3 is 2.33 bits per heavy atom. The van der Waals surface area contributed by atoms with Crippen LogP contribution in [-0.2, 0) is 0 Å². The van der Waals surface area contributed by atoms with Crippen LogP contribution in [-0.4, -0.2) is 31.1 Å². The van der Waals surface area contributed by atoms with Gasteiger partial charge < -0.3 is 5.73 Å². The Hall–Kier alpha value is -0.860. The monoisotopic (exact) mass is 206 g/mol. The molecule has 0 aliphatic carbocycles. The number of allylic oxidation sites excluding steroid dienone is 1. The van der Waals surface area contributed by atoms with Gasteiger partial charge in [0.15, 0.2) is 0 Å². The highest BCUT2D eigenvalue weighted by Gasteiger charge is 2.10. The van der Waals surface area contributed by atoms with Crippen molar-refractivity contribution in [1.29, 1.82) is 0 Å². The first-order valence-corrected chi connectivity index (χ1v) is 5.68. The molecule has 0 spiro atoms. The Bertz CT molecular complexity index is 247. The Labute approximate surface area is 93.1 Å². The van der Waals surface area contributed by atoms with Crippen LogP contribution >= 0.6 is 0 Å². The van der Waals surface area contributed by atoms with E-state index in [1.165, 1.54) is 25.9 Å². The Morgan fingerprint density at radius 1 is 1.13 bits per heavy atom. The molecular formula is C13H22N2. The molecule has 15 heavy (non-hydrogen) atoms. The van der Waals surface area contributed by atoms with Gasteiger partial charge in [-0.25, -0.2) is 0 Å². The number of likely N-dealkylation sites (tertiary alicyclic amines) is 1. The number of nitrogens with two attached hydrogens (primary N) is 1. The average molecular weight is 206 g/mol. The average Bonchev–Trinajstić information content (AvgIpc) is 2.68. The second kappa shape index (κ2) is 6.59. The molecule has 1 aliphatic rings. The molecule has 84 valence electrons. The van der Waals surface area contributed by atoms with Crippen molar-refractivity contribution in [3.8, 4) is 0 Å². The van der Waals surface area contributed by atoms with Crippen molar-refractivity contribution in [2.24, 2.45) is 5.73 Å². The topological polar surface area (TPSA) is 29.3 Å². The summed E-state index contributed by atoms with van der Waals surface area (Å²) in [6.45, 7) is 12.1. The van der Waals surface area contributed by atoms with Crippen LogP contribution in [0.2, 0.25) is 0 Å². The van der Waals surface area contributed by atoms with Crippen LogP contribution in [0.3, 0.4) is 0 Å². The quantitative estimate of drug-likeness (QED) is 0.674. The van der Waals surface area contributed by atoms with Crippen molar-refractivity contribution in [1.82, 2.24) is 4.90 Å². The maximum absolute atomic E-state index is 5.44. The zero-order valence-corrected chi connectivity index (χ0v) is 9.54. The third-order valence-corrected chi connectivity index (χ3v) is 2.65. The lowest BCUT2D eigenvalue weighted by atomic mass is 10.1. The maximum Gasteiger partial charge on any atom is 0.0227 e. The molecule has 2 heteroatoms. The summed E-state index contributed by atoms with van der Waals surface area (Å²) in [7, 11) is 0. The summed E-state index contributed by atoms with van der Waals surface area (Å²) in [5.41, 5.74) is 7.69. The molecule has 2 N–H and O–H groups in total. The summed E-state index contributed by atoms with van der Waals surface area (Å²) in [5, 5.41) is 0. The molecule has 1 aliphatic heterocycles. The van der Waals surface area contributed by atoms with Crippen LogP contribution in [0.1, 0.15) is 19.3 Å². The van der Waals surface area contributed by atoms with E-state index in [2.05, 4.69) is 24.1 Å². The summed E-state index contributed by atoms with van der Waals surface area (Å²) in [4.78, 5) is 2.44. The molecular weight excluding hydrogens is 184 g/mol. The highest BCUT2D eigenvalue weighted by molar-refractivity contribution is 5.25. The molecule has 0 aromatic carbocycles. The second-order valence-electron chi connectivity index (χ2n) is 4.17. The van der Waals surface area contributed by atoms with Crippen molar-refractivity contribution in [3.63, 3.8) is 0 Å². The Balaban J connectivity index is 2.25. The first-order valence-electron chi connectivity index (χ1n) is 5.68. The predicted molar refractivity (Wildman–Crippen MR) is 66.8 cm³/mol. The molecule has 0 bridgehead atoms. The number of hydrogen-bond acceptors (Lipinski definition) is 2. The van der Waals surface area contributed by atoms with Crippen LogP contribution < -0.4 is 5.73 Å². The highest BCUT2D eigenvalue weighted by atomic mass is 15.1. The molecule has 1 heterocycles. The fourth-order valence-electron chi connectivity index (χ4n) is 1.79. The molecule has 0 saturated carbocycles. The van der Waals surface area contributed by atoms with Gasteiger partial charge >= 0.3 is 0 Å². The minimum Gasteiger partial charge on any atom is -0.330 e. The van der Waals surface area contributed by atoms with Crippen molar-refractivity contribution in [2.45, 2.75) is 19.3 Å². The number of hydrogen-bond donors (Lipinski definition) is 1. The minimum atomic E-state index is 0.668. The SMILES string of the molecule is C=C(/C=C\C(=C)CN1CCCC1)CCN. The third-order valence-electron chi connectivity index (χ3n) is 2.65. The van der Waals surface area contributed by atoms with Gasteiger partial charge in [-0.2, -0.15) is 0 Å². The van der Waals surface area contributed by atoms with E-state index in [9.17, 15) is 0 Å². The van der Waals surface area contributed by atoms with Gasteiger partial charge in [0.2, 0.25) is 0 Å². The van der Waals surface area contributed by atoms with Crippen LogP contribution in [0.25, 0.3) is 0 Å². The maximum atomic E-state index is 5.44. The van der Waals surface area contributed by atoms with Gasteiger partial charge in [-0.15, -0.1) is 0 Å². The predicted octanol–water partition coefficient (Wildman–Crippen LogP) is 2.10. The van der Waals surface area contributed by atoms with E-state index in [4.69, 9.17) is 5.73 Å². The number of nitrogens with zero attached hydrogens (tertiary/aromatic N) is 1. The van der Waals surface area contributed by atoms with E-state index in [0.717, 1.165) is 24.1 Å². The van der Waals surface area contributed by atoms with Gasteiger partial charge in [0.1, 0.15) is 0 Å². The lowest BCUT2D eigenvalue weighted by Gasteiger charge is -2.14. The molecule has 0 unspecified atom stereocenters. The third kappa shape index (κ3) is 4.96. The van der Waals surface area contributed by atoms with Gasteiger partial charge in [0.25, 0.3) is 0 Å². The summed E-state index contributed by atoms with van der Waals surface area (Å²) < 4.78 is 0. The zero-order valence-electron chi connectivity index (χ0n) is 9.54. The first kappa shape index (κ1) is 12.2. The van der Waals surface area contributed by atoms with E-state index in [0.29, 0.717) is 6.54 Å². The van der Waals surface area contributed by atoms with E-state index in [-0.39, 0.29) is 0 Å². The van der Waals surface area contributed by atoms with Crippen molar-refractivity contribution in [2.75, 3.05) is 26.2 Å². The van der Waals surface area contributed by atoms with E-state index >= 15 is 0 Å². The van der Waals surface area contributed by atoms with Crippen LogP contribution in [0.5, 0.6) is 0 Å². The minimum absolute atomic E-state index is 0.668. The fraction of sp³-hybridized carbons (Fsp3) is 0.538. The largest absolute Gasteiger partial charge is 0.330 e. The molecule has 1 saturated heterocycles. The van der Waals surface area contributed by atoms with Gasteiger partial charge in [0, 0.05) is 6.54 Å². The van der Waals surface area contributed by atoms with Gasteiger partial charge in [-0.05, 0) is 44.5 Å². The van der Waals surface area contributed by atoms with E-state index in [1.807, 2.05) is 6.08 Å². The van der Waals surface area contributed by atoms with Gasteiger partial charge in [0.05, 0.1) is 0 Å². The summed E-state index contributed by atoms with van der Waals surface area (Å²) in [6.07, 6.45) is 7.63. The van der Waals surface area contributed by atoms with Crippen LogP contribution in [0.15, 0.2) is 36.5 Å².